The Bertz CT molecular complexity index is 309. The van der Waals surface area contributed by atoms with Crippen LogP contribution in [0.25, 0.3) is 0 Å². The van der Waals surface area contributed by atoms with E-state index in [1.54, 1.807) is 5.32 Å². The lowest BCUT2D eigenvalue weighted by atomic mass is 9.97. The van der Waals surface area contributed by atoms with Gasteiger partial charge in [-0.1, -0.05) is 0 Å². The quantitative estimate of drug-likeness (QED) is 0.210. The Labute approximate surface area is 103 Å². The monoisotopic (exact) mass is 267 g/mol. The number of carbonyl (C=O) groups is 2. The summed E-state index contributed by atoms with van der Waals surface area (Å²) in [6, 6.07) is 0. The molecule has 0 rings (SSSR count). The zero-order valence-electron chi connectivity index (χ0n) is 9.90. The van der Waals surface area contributed by atoms with Gasteiger partial charge in [0, 0.05) is 6.92 Å². The fraction of sp³-hybridized carbons (Fsp3) is 0.778. The van der Waals surface area contributed by atoms with Crippen molar-refractivity contribution in [2.75, 3.05) is 13.7 Å². The fourth-order valence-corrected chi connectivity index (χ4v) is 1.24. The molecule has 1 amide bonds. The highest BCUT2D eigenvalue weighted by Crippen LogP contribution is 2.15. The number of carbonyl (C=O) groups excluding carboxylic acids is 2. The van der Waals surface area contributed by atoms with Gasteiger partial charge in [0.2, 0.25) is 5.91 Å². The van der Waals surface area contributed by atoms with Crippen LogP contribution in [0.15, 0.2) is 0 Å². The van der Waals surface area contributed by atoms with Gasteiger partial charge in [0.15, 0.2) is 0 Å². The van der Waals surface area contributed by atoms with Crippen molar-refractivity contribution < 1.29 is 39.9 Å². The minimum atomic E-state index is -2.93. The second-order valence-corrected chi connectivity index (χ2v) is 3.62. The highest BCUT2D eigenvalue weighted by molar-refractivity contribution is 5.86. The van der Waals surface area contributed by atoms with Gasteiger partial charge in [-0.2, -0.15) is 0 Å². The van der Waals surface area contributed by atoms with E-state index in [2.05, 4.69) is 4.74 Å². The van der Waals surface area contributed by atoms with Gasteiger partial charge in [-0.15, -0.1) is 0 Å². The third-order valence-corrected chi connectivity index (χ3v) is 2.20. The van der Waals surface area contributed by atoms with Gasteiger partial charge < -0.3 is 35.6 Å². The van der Waals surface area contributed by atoms with E-state index < -0.39 is 42.5 Å². The van der Waals surface area contributed by atoms with Gasteiger partial charge in [0.25, 0.3) is 5.72 Å². The van der Waals surface area contributed by atoms with Crippen LogP contribution in [0.5, 0.6) is 0 Å². The van der Waals surface area contributed by atoms with Crippen molar-refractivity contribution in [2.45, 2.75) is 31.0 Å². The number of aliphatic hydroxyl groups excluding tert-OH is 4. The van der Waals surface area contributed by atoms with Crippen LogP contribution >= 0.6 is 0 Å². The van der Waals surface area contributed by atoms with Crippen molar-refractivity contribution >= 4 is 11.9 Å². The summed E-state index contributed by atoms with van der Waals surface area (Å²) >= 11 is 0. The lowest BCUT2D eigenvalue weighted by Gasteiger charge is -2.34. The molecule has 6 N–H and O–H groups in total. The number of methoxy groups -OCH3 is 1. The normalized spacial score (nSPS) is 19.3. The Kier molecular flexibility index (Phi) is 6.15. The van der Waals surface area contributed by atoms with Crippen LogP contribution in [-0.2, 0) is 14.3 Å². The summed E-state index contributed by atoms with van der Waals surface area (Å²) in [6.45, 7) is 0.0328. The Morgan fingerprint density at radius 2 is 1.83 bits per heavy atom. The van der Waals surface area contributed by atoms with Crippen LogP contribution in [0.4, 0.5) is 0 Å². The van der Waals surface area contributed by atoms with Crippen molar-refractivity contribution in [3.05, 3.63) is 0 Å². The highest BCUT2D eigenvalue weighted by atomic mass is 16.5. The molecule has 0 aliphatic heterocycles. The van der Waals surface area contributed by atoms with E-state index in [0.717, 1.165) is 14.0 Å². The summed E-state index contributed by atoms with van der Waals surface area (Å²) in [7, 11) is 0.886. The van der Waals surface area contributed by atoms with Gasteiger partial charge >= 0.3 is 5.97 Å². The predicted molar refractivity (Wildman–Crippen MR) is 55.9 cm³/mol. The fourth-order valence-electron chi connectivity index (χ4n) is 1.24. The number of amides is 1. The third-order valence-electron chi connectivity index (χ3n) is 2.20. The van der Waals surface area contributed by atoms with Crippen LogP contribution in [0.1, 0.15) is 6.92 Å². The molecule has 0 aromatic heterocycles. The van der Waals surface area contributed by atoms with Crippen molar-refractivity contribution in [1.29, 1.82) is 0 Å². The van der Waals surface area contributed by atoms with Gasteiger partial charge in [0.05, 0.1) is 13.7 Å². The number of hydrogen-bond donors (Lipinski definition) is 6. The molecule has 0 bridgehead atoms. The van der Waals surface area contributed by atoms with E-state index >= 15 is 0 Å². The van der Waals surface area contributed by atoms with Crippen LogP contribution < -0.4 is 5.32 Å². The SMILES string of the molecule is COC(=O)[C@@](O)(NC(C)=O)[C@@H](O)[C@H](O)[C@H](O)CO. The summed E-state index contributed by atoms with van der Waals surface area (Å²) < 4.78 is 4.18. The minimum absolute atomic E-state index is 0.882. The molecular weight excluding hydrogens is 250 g/mol. The molecule has 0 aliphatic carbocycles. The van der Waals surface area contributed by atoms with E-state index in [9.17, 15) is 24.9 Å². The maximum Gasteiger partial charge on any atom is 0.362 e. The lowest BCUT2D eigenvalue weighted by Crippen LogP contribution is -2.66. The van der Waals surface area contributed by atoms with Crippen LogP contribution in [-0.4, -0.2) is 75.2 Å². The van der Waals surface area contributed by atoms with Crippen molar-refractivity contribution in [3.8, 4) is 0 Å². The maximum atomic E-state index is 11.3. The summed E-state index contributed by atoms with van der Waals surface area (Å²) in [5.74, 6) is -2.32. The Hall–Kier alpha value is -1.26. The molecule has 9 heteroatoms. The second kappa shape index (κ2) is 6.61. The molecule has 0 spiro atoms. The molecular formula is C9H17NO8. The lowest BCUT2D eigenvalue weighted by molar-refractivity contribution is -0.202. The van der Waals surface area contributed by atoms with E-state index in [1.807, 2.05) is 0 Å². The molecule has 9 nitrogen and oxygen atoms in total. The molecule has 0 fully saturated rings. The first-order valence-electron chi connectivity index (χ1n) is 4.95. The predicted octanol–water partition coefficient (Wildman–Crippen LogP) is -3.94. The zero-order valence-corrected chi connectivity index (χ0v) is 9.90. The Morgan fingerprint density at radius 3 is 2.17 bits per heavy atom. The van der Waals surface area contributed by atoms with E-state index in [-0.39, 0.29) is 0 Å². The molecule has 18 heavy (non-hydrogen) atoms. The van der Waals surface area contributed by atoms with E-state index in [1.165, 1.54) is 0 Å². The van der Waals surface area contributed by atoms with Crippen LogP contribution in [0.2, 0.25) is 0 Å². The standard InChI is InChI=1S/C9H17NO8/c1-4(12)10-9(17,8(16)18-2)7(15)6(14)5(13)3-11/h5-7,11,13-15,17H,3H2,1-2H3,(H,10,12)/t5-,6-,7+,9-/m1/s1. The van der Waals surface area contributed by atoms with Crippen molar-refractivity contribution in [2.24, 2.45) is 0 Å². The molecule has 0 saturated carbocycles. The first kappa shape index (κ1) is 16.7. The topological polar surface area (TPSA) is 157 Å². The zero-order chi connectivity index (χ0) is 14.5. The number of nitrogens with one attached hydrogen (secondary N) is 1. The largest absolute Gasteiger partial charge is 0.465 e. The Morgan fingerprint density at radius 1 is 1.33 bits per heavy atom. The number of esters is 1. The molecule has 4 atom stereocenters. The summed E-state index contributed by atoms with van der Waals surface area (Å²) in [5, 5.41) is 48.2. The van der Waals surface area contributed by atoms with Crippen LogP contribution in [0.3, 0.4) is 0 Å². The van der Waals surface area contributed by atoms with Gasteiger partial charge in [-0.05, 0) is 0 Å². The van der Waals surface area contributed by atoms with Crippen LogP contribution in [0, 0.1) is 0 Å². The van der Waals surface area contributed by atoms with Gasteiger partial charge in [-0.25, -0.2) is 4.79 Å². The molecule has 0 saturated heterocycles. The smallest absolute Gasteiger partial charge is 0.362 e. The molecule has 0 aliphatic rings. The number of ether oxygens (including phenoxy) is 1. The van der Waals surface area contributed by atoms with E-state index in [4.69, 9.17) is 10.2 Å². The molecule has 0 aromatic rings. The minimum Gasteiger partial charge on any atom is -0.465 e. The first-order chi connectivity index (χ1) is 8.20. The number of hydrogen-bond acceptors (Lipinski definition) is 8. The Balaban J connectivity index is 5.19. The first-order valence-corrected chi connectivity index (χ1v) is 4.95. The molecule has 0 heterocycles. The summed E-state index contributed by atoms with van der Waals surface area (Å²) in [4.78, 5) is 22.2. The van der Waals surface area contributed by atoms with Gasteiger partial charge in [-0.3, -0.25) is 4.79 Å². The summed E-state index contributed by atoms with van der Waals surface area (Å²) in [5.41, 5.74) is -2.93. The molecule has 0 unspecified atom stereocenters. The third kappa shape index (κ3) is 3.62. The number of aliphatic hydroxyl groups is 5. The van der Waals surface area contributed by atoms with Crippen molar-refractivity contribution in [3.63, 3.8) is 0 Å². The second-order valence-electron chi connectivity index (χ2n) is 3.62. The highest BCUT2D eigenvalue weighted by Gasteiger charge is 2.50. The average molecular weight is 267 g/mol. The van der Waals surface area contributed by atoms with E-state index in [0.29, 0.717) is 0 Å². The average Bonchev–Trinajstić information content (AvgIpc) is 2.33. The van der Waals surface area contributed by atoms with Gasteiger partial charge in [0.1, 0.15) is 18.3 Å². The number of rotatable bonds is 6. The molecule has 0 radical (unpaired) electrons. The maximum absolute atomic E-state index is 11.3. The summed E-state index contributed by atoms with van der Waals surface area (Å²) in [6.07, 6.45) is -6.19. The molecule has 0 aromatic carbocycles. The molecule has 106 valence electrons. The van der Waals surface area contributed by atoms with Crippen molar-refractivity contribution in [1.82, 2.24) is 5.32 Å².